The molecule has 2 fully saturated rings. The van der Waals surface area contributed by atoms with Crippen LogP contribution in [0.2, 0.25) is 0 Å². The Morgan fingerprint density at radius 3 is 3.05 bits per heavy atom. The van der Waals surface area contributed by atoms with Gasteiger partial charge >= 0.3 is 0 Å². The van der Waals surface area contributed by atoms with Crippen LogP contribution in [-0.4, -0.2) is 42.0 Å². The second-order valence-corrected chi connectivity index (χ2v) is 5.94. The zero-order valence-corrected chi connectivity index (χ0v) is 12.3. The van der Waals surface area contributed by atoms with Crippen LogP contribution in [-0.2, 0) is 4.74 Å². The number of nitriles is 1. The first kappa shape index (κ1) is 14.3. The second-order valence-electron chi connectivity index (χ2n) is 5.94. The first-order chi connectivity index (χ1) is 10.2. The Hall–Kier alpha value is -1.64. The summed E-state index contributed by atoms with van der Waals surface area (Å²) in [6, 6.07) is 6.33. The van der Waals surface area contributed by atoms with Crippen molar-refractivity contribution in [1.82, 2.24) is 4.98 Å². The summed E-state index contributed by atoms with van der Waals surface area (Å²) in [5.41, 5.74) is 1.39. The average Bonchev–Trinajstić information content (AvgIpc) is 2.97. The highest BCUT2D eigenvalue weighted by molar-refractivity contribution is 5.46. The van der Waals surface area contributed by atoms with Crippen molar-refractivity contribution in [1.29, 1.82) is 5.26 Å². The monoisotopic (exact) mass is 287 g/mol. The zero-order chi connectivity index (χ0) is 14.8. The van der Waals surface area contributed by atoms with Gasteiger partial charge < -0.3 is 14.7 Å². The van der Waals surface area contributed by atoms with Gasteiger partial charge in [0.1, 0.15) is 17.6 Å². The van der Waals surface area contributed by atoms with E-state index in [2.05, 4.69) is 16.0 Å². The normalized spacial score (nSPS) is 29.4. The van der Waals surface area contributed by atoms with Gasteiger partial charge in [0.2, 0.25) is 0 Å². The molecule has 21 heavy (non-hydrogen) atoms. The van der Waals surface area contributed by atoms with Gasteiger partial charge in [-0.2, -0.15) is 5.26 Å². The van der Waals surface area contributed by atoms with Crippen LogP contribution in [0.5, 0.6) is 0 Å². The largest absolute Gasteiger partial charge is 0.393 e. The molecule has 0 radical (unpaired) electrons. The van der Waals surface area contributed by atoms with E-state index in [4.69, 9.17) is 10.00 Å². The quantitative estimate of drug-likeness (QED) is 0.895. The molecular weight excluding hydrogens is 266 g/mol. The van der Waals surface area contributed by atoms with E-state index in [1.807, 2.05) is 19.1 Å². The summed E-state index contributed by atoms with van der Waals surface area (Å²) in [6.07, 6.45) is 2.54. The van der Waals surface area contributed by atoms with Crippen LogP contribution in [0.1, 0.15) is 30.5 Å². The second kappa shape index (κ2) is 6.00. The summed E-state index contributed by atoms with van der Waals surface area (Å²) in [5.74, 6) is 0.979. The van der Waals surface area contributed by atoms with Gasteiger partial charge in [-0.15, -0.1) is 0 Å². The summed E-state index contributed by atoms with van der Waals surface area (Å²) in [4.78, 5) is 6.72. The van der Waals surface area contributed by atoms with Gasteiger partial charge in [-0.3, -0.25) is 0 Å². The van der Waals surface area contributed by atoms with Crippen LogP contribution in [0, 0.1) is 24.2 Å². The van der Waals surface area contributed by atoms with Crippen molar-refractivity contribution >= 4 is 5.82 Å². The van der Waals surface area contributed by atoms with Crippen molar-refractivity contribution in [2.75, 3.05) is 24.7 Å². The summed E-state index contributed by atoms with van der Waals surface area (Å²) >= 11 is 0. The van der Waals surface area contributed by atoms with E-state index in [9.17, 15) is 5.11 Å². The molecule has 2 saturated heterocycles. The molecule has 3 atom stereocenters. The fraction of sp³-hybridized carbons (Fsp3) is 0.625. The van der Waals surface area contributed by atoms with Crippen molar-refractivity contribution in [2.45, 2.75) is 38.3 Å². The number of pyridine rings is 1. The molecule has 0 aliphatic carbocycles. The van der Waals surface area contributed by atoms with Crippen LogP contribution < -0.4 is 4.90 Å². The minimum Gasteiger partial charge on any atom is -0.393 e. The minimum absolute atomic E-state index is 0.134. The molecule has 0 aromatic carbocycles. The highest BCUT2D eigenvalue weighted by Crippen LogP contribution is 2.33. The van der Waals surface area contributed by atoms with Crippen molar-refractivity contribution < 1.29 is 9.84 Å². The van der Waals surface area contributed by atoms with Crippen molar-refractivity contribution in [3.63, 3.8) is 0 Å². The van der Waals surface area contributed by atoms with Crippen LogP contribution in [0.15, 0.2) is 12.1 Å². The number of aromatic nitrogens is 1. The van der Waals surface area contributed by atoms with Crippen LogP contribution >= 0.6 is 0 Å². The fourth-order valence-corrected chi connectivity index (χ4v) is 3.43. The van der Waals surface area contributed by atoms with Gasteiger partial charge in [-0.1, -0.05) is 6.07 Å². The Morgan fingerprint density at radius 1 is 1.43 bits per heavy atom. The Bertz CT molecular complexity index is 555. The average molecular weight is 287 g/mol. The molecule has 1 N–H and O–H groups in total. The molecule has 2 aliphatic rings. The third-order valence-electron chi connectivity index (χ3n) is 4.64. The van der Waals surface area contributed by atoms with Gasteiger partial charge in [-0.05, 0) is 37.8 Å². The first-order valence-electron chi connectivity index (χ1n) is 7.61. The summed E-state index contributed by atoms with van der Waals surface area (Å²) in [7, 11) is 0. The van der Waals surface area contributed by atoms with E-state index in [-0.39, 0.29) is 18.1 Å². The highest BCUT2D eigenvalue weighted by Gasteiger charge is 2.38. The number of anilines is 1. The lowest BCUT2D eigenvalue weighted by atomic mass is 9.89. The molecule has 2 aliphatic heterocycles. The number of ether oxygens (including phenoxy) is 1. The Balaban J connectivity index is 1.85. The SMILES string of the molecule is Cc1ccc(N2CCC[C@@H]2[C@@H]2COCC[C@@H]2O)nc1C#N. The molecule has 5 heteroatoms. The molecule has 3 rings (SSSR count). The van der Waals surface area contributed by atoms with E-state index in [1.165, 1.54) is 0 Å². The molecule has 0 saturated carbocycles. The number of nitrogens with zero attached hydrogens (tertiary/aromatic N) is 3. The predicted molar refractivity (Wildman–Crippen MR) is 79.0 cm³/mol. The Labute approximate surface area is 125 Å². The molecule has 5 nitrogen and oxygen atoms in total. The minimum atomic E-state index is -0.301. The van der Waals surface area contributed by atoms with E-state index >= 15 is 0 Å². The molecule has 112 valence electrons. The Kier molecular flexibility index (Phi) is 4.09. The third kappa shape index (κ3) is 2.74. The van der Waals surface area contributed by atoms with Crippen LogP contribution in [0.25, 0.3) is 0 Å². The van der Waals surface area contributed by atoms with Crippen molar-refractivity contribution in [2.24, 2.45) is 5.92 Å². The molecule has 0 unspecified atom stereocenters. The third-order valence-corrected chi connectivity index (χ3v) is 4.64. The lowest BCUT2D eigenvalue weighted by Crippen LogP contribution is -2.46. The van der Waals surface area contributed by atoms with Crippen LogP contribution in [0.3, 0.4) is 0 Å². The molecule has 3 heterocycles. The number of hydrogen-bond donors (Lipinski definition) is 1. The molecule has 0 spiro atoms. The molecule has 1 aromatic rings. The first-order valence-corrected chi connectivity index (χ1v) is 7.61. The van der Waals surface area contributed by atoms with E-state index in [1.54, 1.807) is 0 Å². The molecule has 1 aromatic heterocycles. The number of aliphatic hydroxyl groups excluding tert-OH is 1. The molecule has 0 bridgehead atoms. The van der Waals surface area contributed by atoms with E-state index < -0.39 is 0 Å². The summed E-state index contributed by atoms with van der Waals surface area (Å²) in [5, 5.41) is 19.4. The molecular formula is C16H21N3O2. The lowest BCUT2D eigenvalue weighted by Gasteiger charge is -2.37. The van der Waals surface area contributed by atoms with Gasteiger partial charge in [0.15, 0.2) is 0 Å². The topological polar surface area (TPSA) is 69.4 Å². The molecule has 0 amide bonds. The zero-order valence-electron chi connectivity index (χ0n) is 12.3. The fourth-order valence-electron chi connectivity index (χ4n) is 3.43. The van der Waals surface area contributed by atoms with E-state index in [0.717, 1.165) is 30.8 Å². The van der Waals surface area contributed by atoms with Gasteiger partial charge in [0, 0.05) is 25.1 Å². The van der Waals surface area contributed by atoms with Crippen molar-refractivity contribution in [3.8, 4) is 6.07 Å². The predicted octanol–water partition coefficient (Wildman–Crippen LogP) is 1.63. The number of hydrogen-bond acceptors (Lipinski definition) is 5. The smallest absolute Gasteiger partial charge is 0.145 e. The van der Waals surface area contributed by atoms with E-state index in [0.29, 0.717) is 25.3 Å². The standard InChI is InChI=1S/C16H21N3O2/c1-11-4-5-16(18-13(11)9-17)19-7-2-3-14(19)12-10-21-8-6-15(12)20/h4-5,12,14-15,20H,2-3,6-8,10H2,1H3/t12-,14+,15-/m0/s1. The highest BCUT2D eigenvalue weighted by atomic mass is 16.5. The van der Waals surface area contributed by atoms with Crippen molar-refractivity contribution in [3.05, 3.63) is 23.4 Å². The van der Waals surface area contributed by atoms with Gasteiger partial charge in [0.25, 0.3) is 0 Å². The lowest BCUT2D eigenvalue weighted by molar-refractivity contribution is -0.0438. The maximum atomic E-state index is 10.3. The maximum absolute atomic E-state index is 10.3. The maximum Gasteiger partial charge on any atom is 0.145 e. The van der Waals surface area contributed by atoms with Crippen LogP contribution in [0.4, 0.5) is 5.82 Å². The number of aryl methyl sites for hydroxylation is 1. The number of aliphatic hydroxyl groups is 1. The number of rotatable bonds is 2. The summed E-state index contributed by atoms with van der Waals surface area (Å²) in [6.45, 7) is 4.08. The summed E-state index contributed by atoms with van der Waals surface area (Å²) < 4.78 is 5.55. The van der Waals surface area contributed by atoms with Gasteiger partial charge in [0.05, 0.1) is 12.7 Å². The Morgan fingerprint density at radius 2 is 2.29 bits per heavy atom. The van der Waals surface area contributed by atoms with Gasteiger partial charge in [-0.25, -0.2) is 4.98 Å².